The van der Waals surface area contributed by atoms with Gasteiger partial charge in [0, 0.05) is 44.3 Å². The molecule has 1 aromatic rings. The van der Waals surface area contributed by atoms with Crippen molar-refractivity contribution < 1.29 is 24.5 Å². The third-order valence-corrected chi connectivity index (χ3v) is 4.11. The van der Waals surface area contributed by atoms with E-state index in [1.54, 1.807) is 0 Å². The summed E-state index contributed by atoms with van der Waals surface area (Å²) in [7, 11) is 0. The smallest absolute Gasteiger partial charge is 0.317 e. The van der Waals surface area contributed by atoms with Crippen molar-refractivity contribution >= 4 is 12.4 Å². The Morgan fingerprint density at radius 1 is 1.33 bits per heavy atom. The number of rotatable bonds is 4. The van der Waals surface area contributed by atoms with Crippen LogP contribution < -0.4 is 0 Å². The van der Waals surface area contributed by atoms with E-state index in [0.29, 0.717) is 19.1 Å². The highest BCUT2D eigenvalue weighted by molar-refractivity contribution is 5.69. The molecule has 2 atom stereocenters. The van der Waals surface area contributed by atoms with Gasteiger partial charge in [-0.05, 0) is 12.1 Å². The number of carbonyl (C=O) groups is 2. The van der Waals surface area contributed by atoms with Crippen LogP contribution in [0.15, 0.2) is 24.4 Å². The standard InChI is InChI=1S/C15H21N3O3.CH2O2/c19-15(20)9-17-5-12-6-18(14(8-17)11-21-10-12)7-13-3-1-2-4-16-13;2-1-3/h1-4,12,14H,5-11H2,(H,19,20);1H,(H,2,3)/t12-,14-;/m0./s1. The van der Waals surface area contributed by atoms with E-state index in [0.717, 1.165) is 31.9 Å². The van der Waals surface area contributed by atoms with Crippen LogP contribution in [0.25, 0.3) is 0 Å². The molecule has 2 fully saturated rings. The van der Waals surface area contributed by atoms with Crippen molar-refractivity contribution in [3.8, 4) is 0 Å². The summed E-state index contributed by atoms with van der Waals surface area (Å²) in [4.78, 5) is 28.2. The van der Waals surface area contributed by atoms with Gasteiger partial charge in [-0.3, -0.25) is 24.4 Å². The van der Waals surface area contributed by atoms with Crippen molar-refractivity contribution in [1.29, 1.82) is 0 Å². The molecule has 8 heteroatoms. The molecule has 2 aliphatic rings. The van der Waals surface area contributed by atoms with Crippen molar-refractivity contribution in [3.63, 3.8) is 0 Å². The van der Waals surface area contributed by atoms with Crippen LogP contribution >= 0.6 is 0 Å². The second-order valence-corrected chi connectivity index (χ2v) is 6.00. The first-order valence-corrected chi connectivity index (χ1v) is 7.86. The largest absolute Gasteiger partial charge is 0.483 e. The molecule has 0 radical (unpaired) electrons. The fraction of sp³-hybridized carbons (Fsp3) is 0.562. The molecular weight excluding hydrogens is 314 g/mol. The van der Waals surface area contributed by atoms with Crippen molar-refractivity contribution in [2.75, 3.05) is 39.4 Å². The summed E-state index contributed by atoms with van der Waals surface area (Å²) >= 11 is 0. The normalized spacial score (nSPS) is 24.3. The summed E-state index contributed by atoms with van der Waals surface area (Å²) in [6.45, 7) is 4.52. The summed E-state index contributed by atoms with van der Waals surface area (Å²) in [5, 5.41) is 15.9. The summed E-state index contributed by atoms with van der Waals surface area (Å²) < 4.78 is 5.75. The average molecular weight is 337 g/mol. The van der Waals surface area contributed by atoms with Crippen molar-refractivity contribution in [2.24, 2.45) is 5.92 Å². The van der Waals surface area contributed by atoms with E-state index in [2.05, 4.69) is 9.88 Å². The molecule has 2 aliphatic heterocycles. The molecule has 2 bridgehead atoms. The van der Waals surface area contributed by atoms with Crippen LogP contribution in [0, 0.1) is 5.92 Å². The highest BCUT2D eigenvalue weighted by Crippen LogP contribution is 2.21. The predicted molar refractivity (Wildman–Crippen MR) is 85.5 cm³/mol. The zero-order chi connectivity index (χ0) is 17.4. The molecule has 1 aromatic heterocycles. The first-order chi connectivity index (χ1) is 11.6. The van der Waals surface area contributed by atoms with Gasteiger partial charge in [-0.25, -0.2) is 0 Å². The minimum atomic E-state index is -0.757. The molecule has 0 spiro atoms. The van der Waals surface area contributed by atoms with Crippen molar-refractivity contribution in [1.82, 2.24) is 14.8 Å². The van der Waals surface area contributed by atoms with Crippen LogP contribution in [-0.2, 0) is 20.9 Å². The number of fused-ring (bicyclic) bond motifs is 3. The summed E-state index contributed by atoms with van der Waals surface area (Å²) in [5.74, 6) is -0.396. The van der Waals surface area contributed by atoms with Gasteiger partial charge in [0.05, 0.1) is 25.5 Å². The number of hydrogen-bond donors (Lipinski definition) is 2. The Bertz CT molecular complexity index is 528. The highest BCUT2D eigenvalue weighted by Gasteiger charge is 2.33. The van der Waals surface area contributed by atoms with E-state index in [1.165, 1.54) is 0 Å². The Hall–Kier alpha value is -2.03. The maximum absolute atomic E-state index is 11.0. The maximum Gasteiger partial charge on any atom is 0.317 e. The molecule has 2 N–H and O–H groups in total. The molecular formula is C16H23N3O5. The Balaban J connectivity index is 0.000000647. The van der Waals surface area contributed by atoms with Crippen LogP contribution in [0.2, 0.25) is 0 Å². The molecule has 3 heterocycles. The van der Waals surface area contributed by atoms with Crippen LogP contribution in [0.3, 0.4) is 0 Å². The van der Waals surface area contributed by atoms with Gasteiger partial charge in [0.1, 0.15) is 0 Å². The van der Waals surface area contributed by atoms with E-state index in [-0.39, 0.29) is 19.1 Å². The first-order valence-electron chi connectivity index (χ1n) is 7.86. The summed E-state index contributed by atoms with van der Waals surface area (Å²) in [6.07, 6.45) is 1.81. The van der Waals surface area contributed by atoms with Crippen LogP contribution in [-0.4, -0.2) is 82.9 Å². The molecule has 0 unspecified atom stereocenters. The molecule has 3 rings (SSSR count). The minimum absolute atomic E-state index is 0.116. The molecule has 2 saturated heterocycles. The topological polar surface area (TPSA) is 103 Å². The molecule has 8 nitrogen and oxygen atoms in total. The predicted octanol–water partition coefficient (Wildman–Crippen LogP) is -0.000400. The lowest BCUT2D eigenvalue weighted by molar-refractivity contribution is -0.138. The lowest BCUT2D eigenvalue weighted by atomic mass is 10.1. The van der Waals surface area contributed by atoms with E-state index >= 15 is 0 Å². The molecule has 132 valence electrons. The van der Waals surface area contributed by atoms with Crippen LogP contribution in [0.1, 0.15) is 5.69 Å². The van der Waals surface area contributed by atoms with Gasteiger partial charge in [-0.2, -0.15) is 0 Å². The number of nitrogens with zero attached hydrogens (tertiary/aromatic N) is 3. The number of ether oxygens (including phenoxy) is 1. The van der Waals surface area contributed by atoms with E-state index < -0.39 is 5.97 Å². The monoisotopic (exact) mass is 337 g/mol. The Morgan fingerprint density at radius 2 is 2.12 bits per heavy atom. The van der Waals surface area contributed by atoms with Crippen LogP contribution in [0.5, 0.6) is 0 Å². The Morgan fingerprint density at radius 3 is 2.79 bits per heavy atom. The fourth-order valence-electron chi connectivity index (χ4n) is 3.24. The van der Waals surface area contributed by atoms with Gasteiger partial charge >= 0.3 is 5.97 Å². The third-order valence-electron chi connectivity index (χ3n) is 4.11. The zero-order valence-electron chi connectivity index (χ0n) is 13.5. The van der Waals surface area contributed by atoms with Crippen molar-refractivity contribution in [2.45, 2.75) is 12.6 Å². The number of hydrogen-bond acceptors (Lipinski definition) is 6. The lowest BCUT2D eigenvalue weighted by Gasteiger charge is -2.30. The number of aliphatic carboxylic acids is 1. The molecule has 0 saturated carbocycles. The number of pyridine rings is 1. The molecule has 0 aliphatic carbocycles. The van der Waals surface area contributed by atoms with E-state index in [9.17, 15) is 4.79 Å². The molecule has 0 aromatic carbocycles. The SMILES string of the molecule is O=C(O)CN1C[C@@H]2COC[C@H](C1)N(Cc1ccccn1)C2.O=CO. The third kappa shape index (κ3) is 5.55. The second kappa shape index (κ2) is 9.31. The Labute approximate surface area is 140 Å². The lowest BCUT2D eigenvalue weighted by Crippen LogP contribution is -2.45. The average Bonchev–Trinajstić information content (AvgIpc) is 2.78. The van der Waals surface area contributed by atoms with Crippen LogP contribution in [0.4, 0.5) is 0 Å². The first kappa shape index (κ1) is 18.3. The van der Waals surface area contributed by atoms with Gasteiger partial charge in [0.25, 0.3) is 6.47 Å². The van der Waals surface area contributed by atoms with Crippen molar-refractivity contribution in [3.05, 3.63) is 30.1 Å². The number of carboxylic acid groups (broad SMARTS) is 2. The second-order valence-electron chi connectivity index (χ2n) is 6.00. The zero-order valence-corrected chi connectivity index (χ0v) is 13.5. The van der Waals surface area contributed by atoms with Gasteiger partial charge in [0.15, 0.2) is 0 Å². The summed E-state index contributed by atoms with van der Waals surface area (Å²) in [6, 6.07) is 6.19. The molecule has 0 amide bonds. The molecule has 24 heavy (non-hydrogen) atoms. The minimum Gasteiger partial charge on any atom is -0.483 e. The highest BCUT2D eigenvalue weighted by atomic mass is 16.5. The fourth-order valence-corrected chi connectivity index (χ4v) is 3.24. The number of aromatic nitrogens is 1. The Kier molecular flexibility index (Phi) is 7.10. The van der Waals surface area contributed by atoms with Gasteiger partial charge in [-0.1, -0.05) is 6.07 Å². The van der Waals surface area contributed by atoms with Gasteiger partial charge in [-0.15, -0.1) is 0 Å². The van der Waals surface area contributed by atoms with E-state index in [1.807, 2.05) is 29.3 Å². The quantitative estimate of drug-likeness (QED) is 0.740. The van der Waals surface area contributed by atoms with E-state index in [4.69, 9.17) is 19.7 Å². The summed E-state index contributed by atoms with van der Waals surface area (Å²) in [5.41, 5.74) is 1.05. The van der Waals surface area contributed by atoms with Gasteiger partial charge < -0.3 is 14.9 Å². The van der Waals surface area contributed by atoms with Gasteiger partial charge in [0.2, 0.25) is 0 Å². The number of carboxylic acids is 1. The maximum atomic E-state index is 11.0.